The summed E-state index contributed by atoms with van der Waals surface area (Å²) in [6.45, 7) is 3.60. The molecule has 1 aromatic carbocycles. The highest BCUT2D eigenvalue weighted by Gasteiger charge is 2.34. The summed E-state index contributed by atoms with van der Waals surface area (Å²) >= 11 is 3.47. The summed E-state index contributed by atoms with van der Waals surface area (Å²) in [7, 11) is 0. The van der Waals surface area contributed by atoms with Gasteiger partial charge in [0.05, 0.1) is 5.69 Å². The largest absolute Gasteiger partial charge is 0.381 e. The zero-order valence-corrected chi connectivity index (χ0v) is 11.2. The molecule has 0 spiro atoms. The second kappa shape index (κ2) is 4.58. The highest BCUT2D eigenvalue weighted by atomic mass is 79.9. The van der Waals surface area contributed by atoms with Crippen LogP contribution in [0.15, 0.2) is 22.7 Å². The van der Waals surface area contributed by atoms with Gasteiger partial charge in [0, 0.05) is 23.6 Å². The Morgan fingerprint density at radius 3 is 3.00 bits per heavy atom. The molecule has 1 N–H and O–H groups in total. The van der Waals surface area contributed by atoms with Gasteiger partial charge < -0.3 is 10.2 Å². The van der Waals surface area contributed by atoms with Gasteiger partial charge >= 0.3 is 0 Å². The number of nitrogens with zero attached hydrogens (tertiary/aromatic N) is 1. The quantitative estimate of drug-likeness (QED) is 0.903. The van der Waals surface area contributed by atoms with Gasteiger partial charge in [-0.05, 0) is 59.4 Å². The first kappa shape index (κ1) is 11.5. The standard InChI is InChI=1S/C13H16BrFN2/c14-11-2-1-10(15)7-13(11)16-12-4-6-17-5-3-9(12)8-17/h1-2,7,9,12,16H,3-6,8H2. The van der Waals surface area contributed by atoms with Crippen molar-refractivity contribution in [2.75, 3.05) is 25.0 Å². The van der Waals surface area contributed by atoms with Gasteiger partial charge in [-0.2, -0.15) is 0 Å². The summed E-state index contributed by atoms with van der Waals surface area (Å²) in [5, 5.41) is 3.50. The van der Waals surface area contributed by atoms with Crippen molar-refractivity contribution in [2.24, 2.45) is 5.92 Å². The first-order valence-electron chi connectivity index (χ1n) is 6.16. The van der Waals surface area contributed by atoms with Crippen LogP contribution in [0, 0.1) is 11.7 Å². The molecule has 0 saturated carbocycles. The van der Waals surface area contributed by atoms with Crippen LogP contribution in [0.2, 0.25) is 0 Å². The molecule has 92 valence electrons. The monoisotopic (exact) mass is 298 g/mol. The maximum Gasteiger partial charge on any atom is 0.125 e. The molecule has 17 heavy (non-hydrogen) atoms. The third-order valence-electron chi connectivity index (χ3n) is 3.90. The number of benzene rings is 1. The van der Waals surface area contributed by atoms with E-state index in [9.17, 15) is 4.39 Å². The average molecular weight is 299 g/mol. The van der Waals surface area contributed by atoms with E-state index < -0.39 is 0 Å². The third-order valence-corrected chi connectivity index (χ3v) is 4.59. The zero-order chi connectivity index (χ0) is 11.8. The Labute approximate surface area is 109 Å². The van der Waals surface area contributed by atoms with E-state index in [1.54, 1.807) is 12.1 Å². The van der Waals surface area contributed by atoms with Crippen molar-refractivity contribution in [3.05, 3.63) is 28.5 Å². The first-order valence-corrected chi connectivity index (χ1v) is 6.95. The highest BCUT2D eigenvalue weighted by Crippen LogP contribution is 2.31. The minimum absolute atomic E-state index is 0.181. The molecule has 3 rings (SSSR count). The first-order chi connectivity index (χ1) is 8.22. The number of halogens is 2. The van der Waals surface area contributed by atoms with Crippen LogP contribution in [0.1, 0.15) is 12.8 Å². The van der Waals surface area contributed by atoms with Gasteiger partial charge in [0.1, 0.15) is 5.82 Å². The van der Waals surface area contributed by atoms with E-state index in [1.165, 1.54) is 32.1 Å². The molecule has 2 fully saturated rings. The molecule has 0 aliphatic carbocycles. The molecule has 4 heteroatoms. The molecule has 2 aliphatic rings. The fourth-order valence-electron chi connectivity index (χ4n) is 2.95. The molecule has 1 aromatic rings. The number of hydrogen-bond acceptors (Lipinski definition) is 2. The summed E-state index contributed by atoms with van der Waals surface area (Å²) < 4.78 is 14.2. The summed E-state index contributed by atoms with van der Waals surface area (Å²) in [5.41, 5.74) is 0.885. The summed E-state index contributed by atoms with van der Waals surface area (Å²) in [4.78, 5) is 2.52. The molecule has 0 aromatic heterocycles. The van der Waals surface area contributed by atoms with Gasteiger partial charge in [-0.1, -0.05) is 0 Å². The molecule has 0 amide bonds. The fourth-order valence-corrected chi connectivity index (χ4v) is 3.31. The van der Waals surface area contributed by atoms with Crippen molar-refractivity contribution in [1.29, 1.82) is 0 Å². The van der Waals surface area contributed by atoms with Crippen LogP contribution in [0.25, 0.3) is 0 Å². The summed E-state index contributed by atoms with van der Waals surface area (Å²) in [6.07, 6.45) is 2.43. The number of nitrogens with one attached hydrogen (secondary N) is 1. The van der Waals surface area contributed by atoms with Crippen LogP contribution >= 0.6 is 15.9 Å². The van der Waals surface area contributed by atoms with Crippen LogP contribution in [0.4, 0.5) is 10.1 Å². The van der Waals surface area contributed by atoms with Gasteiger partial charge in [0.25, 0.3) is 0 Å². The van der Waals surface area contributed by atoms with Crippen molar-refractivity contribution < 1.29 is 4.39 Å². The maximum atomic E-state index is 13.2. The van der Waals surface area contributed by atoms with E-state index in [4.69, 9.17) is 0 Å². The summed E-state index contributed by atoms with van der Waals surface area (Å²) in [6, 6.07) is 5.31. The van der Waals surface area contributed by atoms with Crippen LogP contribution in [-0.2, 0) is 0 Å². The van der Waals surface area contributed by atoms with Gasteiger partial charge in [-0.3, -0.25) is 0 Å². The Bertz CT molecular complexity index is 424. The van der Waals surface area contributed by atoms with Crippen LogP contribution in [0.5, 0.6) is 0 Å². The lowest BCUT2D eigenvalue weighted by Gasteiger charge is -2.32. The lowest BCUT2D eigenvalue weighted by molar-refractivity contribution is 0.255. The fraction of sp³-hybridized carbons (Fsp3) is 0.538. The van der Waals surface area contributed by atoms with Crippen molar-refractivity contribution >= 4 is 21.6 Å². The normalized spacial score (nSPS) is 31.5. The maximum absolute atomic E-state index is 13.2. The number of piperidine rings is 1. The minimum Gasteiger partial charge on any atom is -0.381 e. The number of fused-ring (bicyclic) bond motifs is 2. The second-order valence-corrected chi connectivity index (χ2v) is 5.87. The predicted molar refractivity (Wildman–Crippen MR) is 70.7 cm³/mol. The van der Waals surface area contributed by atoms with E-state index in [0.29, 0.717) is 6.04 Å². The number of anilines is 1. The van der Waals surface area contributed by atoms with E-state index in [2.05, 4.69) is 26.1 Å². The van der Waals surface area contributed by atoms with Crippen molar-refractivity contribution in [2.45, 2.75) is 18.9 Å². The molecule has 2 nitrogen and oxygen atoms in total. The Balaban J connectivity index is 1.75. The Morgan fingerprint density at radius 2 is 2.12 bits per heavy atom. The topological polar surface area (TPSA) is 15.3 Å². The molecule has 2 bridgehead atoms. The molecule has 2 heterocycles. The molecular formula is C13H16BrFN2. The molecule has 3 unspecified atom stereocenters. The van der Waals surface area contributed by atoms with Crippen LogP contribution < -0.4 is 5.32 Å². The van der Waals surface area contributed by atoms with E-state index >= 15 is 0 Å². The van der Waals surface area contributed by atoms with E-state index in [1.807, 2.05) is 0 Å². The van der Waals surface area contributed by atoms with Crippen molar-refractivity contribution in [1.82, 2.24) is 4.90 Å². The van der Waals surface area contributed by atoms with Gasteiger partial charge in [-0.15, -0.1) is 0 Å². The summed E-state index contributed by atoms with van der Waals surface area (Å²) in [5.74, 6) is 0.540. The minimum atomic E-state index is -0.181. The average Bonchev–Trinajstić information content (AvgIpc) is 2.70. The SMILES string of the molecule is Fc1ccc(Br)c(NC2CCN3CCC2C3)c1. The number of rotatable bonds is 2. The lowest BCUT2D eigenvalue weighted by atomic mass is 9.94. The molecular weight excluding hydrogens is 283 g/mol. The predicted octanol–water partition coefficient (Wildman–Crippen LogP) is 3.09. The lowest BCUT2D eigenvalue weighted by Crippen LogP contribution is -2.39. The zero-order valence-electron chi connectivity index (χ0n) is 9.63. The van der Waals surface area contributed by atoms with Crippen molar-refractivity contribution in [3.8, 4) is 0 Å². The Hall–Kier alpha value is -0.610. The molecule has 3 atom stereocenters. The highest BCUT2D eigenvalue weighted by molar-refractivity contribution is 9.10. The van der Waals surface area contributed by atoms with E-state index in [-0.39, 0.29) is 5.82 Å². The van der Waals surface area contributed by atoms with Crippen LogP contribution in [-0.4, -0.2) is 30.6 Å². The second-order valence-electron chi connectivity index (χ2n) is 5.01. The molecule has 2 aliphatic heterocycles. The Morgan fingerprint density at radius 1 is 1.29 bits per heavy atom. The van der Waals surface area contributed by atoms with Crippen LogP contribution in [0.3, 0.4) is 0 Å². The molecule has 0 radical (unpaired) electrons. The molecule has 2 saturated heterocycles. The smallest absolute Gasteiger partial charge is 0.125 e. The van der Waals surface area contributed by atoms with Gasteiger partial charge in [0.2, 0.25) is 0 Å². The third kappa shape index (κ3) is 2.33. The van der Waals surface area contributed by atoms with Crippen molar-refractivity contribution in [3.63, 3.8) is 0 Å². The van der Waals surface area contributed by atoms with Gasteiger partial charge in [0.15, 0.2) is 0 Å². The van der Waals surface area contributed by atoms with E-state index in [0.717, 1.165) is 22.5 Å². The van der Waals surface area contributed by atoms with Gasteiger partial charge in [-0.25, -0.2) is 4.39 Å². The number of hydrogen-bond donors (Lipinski definition) is 1. The Kier molecular flexibility index (Phi) is 3.09.